The molecule has 0 amide bonds. The summed E-state index contributed by atoms with van der Waals surface area (Å²) < 4.78 is 10.9. The van der Waals surface area contributed by atoms with Gasteiger partial charge in [0.05, 0.1) is 18.6 Å². The molecular formula is C21H22O5. The predicted molar refractivity (Wildman–Crippen MR) is 96.5 cm³/mol. The van der Waals surface area contributed by atoms with E-state index in [2.05, 4.69) is 0 Å². The van der Waals surface area contributed by atoms with E-state index in [1.807, 2.05) is 25.1 Å². The number of ether oxygens (including phenoxy) is 2. The Bertz CT molecular complexity index is 827. The second-order valence-electron chi connectivity index (χ2n) is 6.65. The van der Waals surface area contributed by atoms with Crippen molar-refractivity contribution in [3.8, 4) is 11.5 Å². The molecule has 3 rings (SSSR count). The zero-order valence-electron chi connectivity index (χ0n) is 14.9. The van der Waals surface area contributed by atoms with Crippen molar-refractivity contribution in [2.24, 2.45) is 5.92 Å². The van der Waals surface area contributed by atoms with Crippen LogP contribution in [0.1, 0.15) is 46.5 Å². The first-order valence-electron chi connectivity index (χ1n) is 8.66. The van der Waals surface area contributed by atoms with Gasteiger partial charge in [-0.05, 0) is 54.2 Å². The van der Waals surface area contributed by atoms with Crippen LogP contribution in [0.15, 0.2) is 36.4 Å². The third kappa shape index (κ3) is 3.72. The van der Waals surface area contributed by atoms with Crippen LogP contribution in [-0.2, 0) is 22.4 Å². The molecule has 1 aliphatic rings. The molecule has 1 aliphatic heterocycles. The maximum Gasteiger partial charge on any atom is 0.308 e. The molecule has 1 heterocycles. The van der Waals surface area contributed by atoms with E-state index in [4.69, 9.17) is 9.47 Å². The van der Waals surface area contributed by atoms with Crippen molar-refractivity contribution in [1.29, 1.82) is 0 Å². The van der Waals surface area contributed by atoms with Gasteiger partial charge in [-0.3, -0.25) is 9.59 Å². The van der Waals surface area contributed by atoms with Crippen LogP contribution in [0.4, 0.5) is 0 Å². The zero-order valence-corrected chi connectivity index (χ0v) is 14.9. The Balaban J connectivity index is 1.80. The Morgan fingerprint density at radius 3 is 2.88 bits per heavy atom. The number of aldehydes is 1. The maximum absolute atomic E-state index is 11.6. The fraction of sp³-hybridized carbons (Fsp3) is 0.333. The van der Waals surface area contributed by atoms with Gasteiger partial charge in [-0.1, -0.05) is 25.1 Å². The van der Waals surface area contributed by atoms with E-state index in [0.29, 0.717) is 12.7 Å². The second-order valence-corrected chi connectivity index (χ2v) is 6.65. The Morgan fingerprint density at radius 1 is 1.35 bits per heavy atom. The van der Waals surface area contributed by atoms with Gasteiger partial charge in [-0.2, -0.15) is 0 Å². The van der Waals surface area contributed by atoms with Crippen molar-refractivity contribution in [3.63, 3.8) is 0 Å². The van der Waals surface area contributed by atoms with Gasteiger partial charge in [-0.15, -0.1) is 0 Å². The van der Waals surface area contributed by atoms with Gasteiger partial charge in [-0.25, -0.2) is 0 Å². The lowest BCUT2D eigenvalue weighted by Gasteiger charge is -2.27. The minimum Gasteiger partial charge on any atom is -0.507 e. The van der Waals surface area contributed by atoms with E-state index in [9.17, 15) is 14.7 Å². The number of fused-ring (bicyclic) bond motifs is 1. The lowest BCUT2D eigenvalue weighted by molar-refractivity contribution is -0.144. The van der Waals surface area contributed by atoms with Crippen molar-refractivity contribution >= 4 is 12.3 Å². The summed E-state index contributed by atoms with van der Waals surface area (Å²) in [6.07, 6.45) is 2.72. The van der Waals surface area contributed by atoms with Crippen molar-refractivity contribution in [3.05, 3.63) is 58.7 Å². The summed E-state index contributed by atoms with van der Waals surface area (Å²) in [5, 5.41) is 9.67. The first kappa shape index (κ1) is 18.0. The average Bonchev–Trinajstić information content (AvgIpc) is 2.67. The number of methoxy groups -OCH3 is 1. The first-order valence-corrected chi connectivity index (χ1v) is 8.66. The highest BCUT2D eigenvalue weighted by molar-refractivity contribution is 5.79. The Labute approximate surface area is 152 Å². The van der Waals surface area contributed by atoms with Gasteiger partial charge in [0.2, 0.25) is 0 Å². The number of carbonyl (C=O) groups is 2. The summed E-state index contributed by atoms with van der Waals surface area (Å²) in [6.45, 7) is 1.84. The van der Waals surface area contributed by atoms with E-state index in [-0.39, 0.29) is 29.3 Å². The molecule has 26 heavy (non-hydrogen) atoms. The standard InChI is InChI=1S/C21H22O5/c1-13(21(24)25-2)9-14-3-4-15-6-8-19(26-20(15)10-14)16-5-7-18(23)17(11-16)12-22/h3-5,7,10-13,19,23H,6,8-9H2,1-2H3/t13-,19+/m0/s1. The molecule has 2 atom stereocenters. The fourth-order valence-electron chi connectivity index (χ4n) is 3.28. The van der Waals surface area contributed by atoms with Crippen molar-refractivity contribution in [2.45, 2.75) is 32.3 Å². The van der Waals surface area contributed by atoms with Gasteiger partial charge in [0.1, 0.15) is 17.6 Å². The van der Waals surface area contributed by atoms with Crippen molar-refractivity contribution in [1.82, 2.24) is 0 Å². The van der Waals surface area contributed by atoms with Gasteiger partial charge >= 0.3 is 5.97 Å². The molecule has 136 valence electrons. The van der Waals surface area contributed by atoms with Crippen LogP contribution in [0.5, 0.6) is 11.5 Å². The first-order chi connectivity index (χ1) is 12.5. The summed E-state index contributed by atoms with van der Waals surface area (Å²) in [7, 11) is 1.39. The van der Waals surface area contributed by atoms with Crippen LogP contribution in [0, 0.1) is 5.92 Å². The van der Waals surface area contributed by atoms with Crippen LogP contribution >= 0.6 is 0 Å². The van der Waals surface area contributed by atoms with Gasteiger partial charge < -0.3 is 14.6 Å². The number of esters is 1. The molecule has 0 spiro atoms. The number of phenolic OH excluding ortho intramolecular Hbond substituents is 1. The maximum atomic E-state index is 11.6. The molecule has 0 fully saturated rings. The highest BCUT2D eigenvalue weighted by Crippen LogP contribution is 2.36. The number of phenols is 1. The molecule has 2 aromatic carbocycles. The van der Waals surface area contributed by atoms with E-state index < -0.39 is 0 Å². The second kappa shape index (κ2) is 7.60. The highest BCUT2D eigenvalue weighted by atomic mass is 16.5. The molecule has 0 aliphatic carbocycles. The van der Waals surface area contributed by atoms with Gasteiger partial charge in [0, 0.05) is 0 Å². The summed E-state index contributed by atoms with van der Waals surface area (Å²) in [5.74, 6) is 0.326. The SMILES string of the molecule is COC(=O)[C@@H](C)Cc1ccc2c(c1)O[C@@H](c1ccc(O)c(C=O)c1)CC2. The van der Waals surface area contributed by atoms with Gasteiger partial charge in [0.15, 0.2) is 6.29 Å². The third-order valence-electron chi connectivity index (χ3n) is 4.77. The smallest absolute Gasteiger partial charge is 0.308 e. The number of aromatic hydroxyl groups is 1. The van der Waals surface area contributed by atoms with Gasteiger partial charge in [0.25, 0.3) is 0 Å². The molecule has 0 saturated carbocycles. The molecule has 0 bridgehead atoms. The number of carbonyl (C=O) groups excluding carboxylic acids is 2. The molecule has 0 radical (unpaired) electrons. The Kier molecular flexibility index (Phi) is 5.26. The van der Waals surface area contributed by atoms with Crippen molar-refractivity contribution < 1.29 is 24.2 Å². The Hall–Kier alpha value is -2.82. The van der Waals surface area contributed by atoms with E-state index in [1.165, 1.54) is 13.2 Å². The van der Waals surface area contributed by atoms with Crippen molar-refractivity contribution in [2.75, 3.05) is 7.11 Å². The van der Waals surface area contributed by atoms with Crippen LogP contribution < -0.4 is 4.74 Å². The van der Waals surface area contributed by atoms with E-state index in [1.54, 1.807) is 12.1 Å². The minimum atomic E-state index is -0.230. The van der Waals surface area contributed by atoms with Crippen LogP contribution in [0.2, 0.25) is 0 Å². The number of aryl methyl sites for hydroxylation is 1. The molecule has 0 unspecified atom stereocenters. The average molecular weight is 354 g/mol. The number of hydrogen-bond acceptors (Lipinski definition) is 5. The molecule has 5 nitrogen and oxygen atoms in total. The normalized spacial score (nSPS) is 16.9. The van der Waals surface area contributed by atoms with E-state index >= 15 is 0 Å². The monoisotopic (exact) mass is 354 g/mol. The predicted octanol–water partition coefficient (Wildman–Crippen LogP) is 3.62. The quantitative estimate of drug-likeness (QED) is 0.656. The number of rotatable bonds is 5. The van der Waals surface area contributed by atoms with E-state index in [0.717, 1.165) is 35.3 Å². The molecular weight excluding hydrogens is 332 g/mol. The largest absolute Gasteiger partial charge is 0.507 e. The zero-order chi connectivity index (χ0) is 18.7. The lowest BCUT2D eigenvalue weighted by Crippen LogP contribution is -2.17. The molecule has 1 N–H and O–H groups in total. The number of benzene rings is 2. The summed E-state index contributed by atoms with van der Waals surface area (Å²) >= 11 is 0. The lowest BCUT2D eigenvalue weighted by atomic mass is 9.94. The topological polar surface area (TPSA) is 72.8 Å². The fourth-order valence-corrected chi connectivity index (χ4v) is 3.28. The van der Waals surface area contributed by atoms with Crippen LogP contribution in [0.3, 0.4) is 0 Å². The molecule has 0 saturated heterocycles. The third-order valence-corrected chi connectivity index (χ3v) is 4.77. The summed E-state index contributed by atoms with van der Waals surface area (Å²) in [6, 6.07) is 11.0. The van der Waals surface area contributed by atoms with Crippen LogP contribution in [-0.4, -0.2) is 24.5 Å². The molecule has 5 heteroatoms. The summed E-state index contributed by atoms with van der Waals surface area (Å²) in [4.78, 5) is 22.7. The van der Waals surface area contributed by atoms with Crippen LogP contribution in [0.25, 0.3) is 0 Å². The highest BCUT2D eigenvalue weighted by Gasteiger charge is 2.23. The minimum absolute atomic E-state index is 0.0287. The number of hydrogen-bond donors (Lipinski definition) is 1. The molecule has 2 aromatic rings. The molecule has 0 aromatic heterocycles. The Morgan fingerprint density at radius 2 is 2.15 bits per heavy atom. The summed E-state index contributed by atoms with van der Waals surface area (Å²) in [5.41, 5.74) is 3.27.